The van der Waals surface area contributed by atoms with Crippen LogP contribution in [0.5, 0.6) is 0 Å². The molecule has 0 saturated carbocycles. The number of nitrogens with zero attached hydrogens (tertiary/aromatic N) is 2. The number of fused-ring (bicyclic) bond motifs is 1. The van der Waals surface area contributed by atoms with E-state index in [2.05, 4.69) is 4.99 Å². The number of hydrogen-bond donors (Lipinski definition) is 2. The maximum absolute atomic E-state index is 14.3. The minimum absolute atomic E-state index is 0.00119. The highest BCUT2D eigenvalue weighted by molar-refractivity contribution is 6.36. The Balaban J connectivity index is 1.83. The third kappa shape index (κ3) is 3.06. The van der Waals surface area contributed by atoms with Crippen molar-refractivity contribution in [2.75, 3.05) is 4.90 Å². The van der Waals surface area contributed by atoms with Gasteiger partial charge in [0.1, 0.15) is 11.8 Å². The number of alkyl halides is 3. The number of imide groups is 1. The number of furan rings is 1. The van der Waals surface area contributed by atoms with Crippen LogP contribution in [0.3, 0.4) is 0 Å². The van der Waals surface area contributed by atoms with Crippen LogP contribution in [0, 0.1) is 5.92 Å². The number of urea groups is 1. The number of rotatable bonds is 3. The summed E-state index contributed by atoms with van der Waals surface area (Å²) in [7, 11) is 0. The van der Waals surface area contributed by atoms with E-state index in [1.54, 1.807) is 10.6 Å². The Bertz CT molecular complexity index is 1130. The van der Waals surface area contributed by atoms with Crippen LogP contribution in [0.1, 0.15) is 10.6 Å². The second-order valence-corrected chi connectivity index (χ2v) is 6.99. The molecule has 3 heterocycles. The molecule has 2 atom stereocenters. The van der Waals surface area contributed by atoms with E-state index in [1.165, 1.54) is 30.3 Å². The Kier molecular flexibility index (Phi) is 4.61. The molecule has 1 saturated heterocycles. The molecule has 1 fully saturated rings. The fourth-order valence-electron chi connectivity index (χ4n) is 3.37. The fraction of sp³-hybridized carbons (Fsp3) is 0.167. The molecule has 5 amide bonds. The Morgan fingerprint density at radius 3 is 2.45 bits per heavy atom. The van der Waals surface area contributed by atoms with Crippen molar-refractivity contribution in [3.63, 3.8) is 0 Å². The Morgan fingerprint density at radius 2 is 1.87 bits per heavy atom. The first-order valence-corrected chi connectivity index (χ1v) is 8.90. The largest absolute Gasteiger partial charge is 0.459 e. The van der Waals surface area contributed by atoms with Crippen molar-refractivity contribution in [3.8, 4) is 0 Å². The van der Waals surface area contributed by atoms with Crippen molar-refractivity contribution in [3.05, 3.63) is 53.4 Å². The zero-order chi connectivity index (χ0) is 22.6. The van der Waals surface area contributed by atoms with Gasteiger partial charge < -0.3 is 9.73 Å². The van der Waals surface area contributed by atoms with Gasteiger partial charge in [-0.15, -0.1) is 0 Å². The van der Waals surface area contributed by atoms with Gasteiger partial charge in [0.05, 0.1) is 12.0 Å². The van der Waals surface area contributed by atoms with Gasteiger partial charge in [0.2, 0.25) is 11.4 Å². The molecule has 0 aliphatic carbocycles. The van der Waals surface area contributed by atoms with Gasteiger partial charge in [0, 0.05) is 5.02 Å². The first-order chi connectivity index (χ1) is 14.6. The average Bonchev–Trinajstić information content (AvgIpc) is 3.30. The summed E-state index contributed by atoms with van der Waals surface area (Å²) in [5, 5.41) is 3.62. The van der Waals surface area contributed by atoms with Crippen molar-refractivity contribution in [2.45, 2.75) is 11.7 Å². The molecule has 2 N–H and O–H groups in total. The number of aliphatic imine (C=N–C) groups is 1. The Morgan fingerprint density at radius 1 is 1.19 bits per heavy atom. The molecule has 0 bridgehead atoms. The standard InChI is InChI=1S/C18H10ClF3N4O5/c19-8-3-5-9(6-4-8)26-12-11(14(28)24-16(26)30)17(15(29)23-12,18(20,21)22)25-13(27)10-2-1-7-31-10/h1-7,11H,(H,25,27)(H,24,28,30). The third-order valence-electron chi connectivity index (χ3n) is 4.76. The minimum Gasteiger partial charge on any atom is -0.459 e. The topological polar surface area (TPSA) is 121 Å². The highest BCUT2D eigenvalue weighted by atomic mass is 35.5. The second kappa shape index (κ2) is 6.94. The molecule has 9 nitrogen and oxygen atoms in total. The van der Waals surface area contributed by atoms with Crippen molar-refractivity contribution < 1.29 is 36.8 Å². The zero-order valence-corrected chi connectivity index (χ0v) is 15.8. The number of amides is 5. The molecule has 13 heteroatoms. The summed E-state index contributed by atoms with van der Waals surface area (Å²) in [6, 6.07) is 6.48. The van der Waals surface area contributed by atoms with E-state index in [9.17, 15) is 32.3 Å². The van der Waals surface area contributed by atoms with E-state index in [0.29, 0.717) is 4.90 Å². The monoisotopic (exact) mass is 454 g/mol. The van der Waals surface area contributed by atoms with Crippen LogP contribution in [0.4, 0.5) is 23.7 Å². The maximum atomic E-state index is 14.3. The third-order valence-corrected chi connectivity index (χ3v) is 5.01. The van der Waals surface area contributed by atoms with Gasteiger partial charge in [-0.2, -0.15) is 18.2 Å². The van der Waals surface area contributed by atoms with Crippen molar-refractivity contribution in [1.82, 2.24) is 10.6 Å². The van der Waals surface area contributed by atoms with E-state index in [-0.39, 0.29) is 10.7 Å². The summed E-state index contributed by atoms with van der Waals surface area (Å²) in [4.78, 5) is 53.9. The van der Waals surface area contributed by atoms with E-state index < -0.39 is 53.0 Å². The molecule has 4 rings (SSSR count). The number of benzene rings is 1. The van der Waals surface area contributed by atoms with Gasteiger partial charge in [-0.3, -0.25) is 19.7 Å². The summed E-state index contributed by atoms with van der Waals surface area (Å²) in [6.07, 6.45) is -4.41. The summed E-state index contributed by atoms with van der Waals surface area (Å²) < 4.78 is 47.5. The molecule has 2 aliphatic rings. The Hall–Kier alpha value is -3.67. The van der Waals surface area contributed by atoms with Crippen molar-refractivity contribution in [1.29, 1.82) is 0 Å². The highest BCUT2D eigenvalue weighted by Crippen LogP contribution is 2.44. The van der Waals surface area contributed by atoms with Gasteiger partial charge in [-0.05, 0) is 36.4 Å². The molecule has 31 heavy (non-hydrogen) atoms. The lowest BCUT2D eigenvalue weighted by atomic mass is 9.81. The Labute approximate surface area is 175 Å². The number of amidine groups is 1. The van der Waals surface area contributed by atoms with Crippen molar-refractivity contribution in [2.24, 2.45) is 10.9 Å². The smallest absolute Gasteiger partial charge is 0.422 e. The molecule has 2 aliphatic heterocycles. The van der Waals surface area contributed by atoms with E-state index in [1.807, 2.05) is 0 Å². The van der Waals surface area contributed by atoms with E-state index >= 15 is 0 Å². The number of carbonyl (C=O) groups is 4. The zero-order valence-electron chi connectivity index (χ0n) is 15.1. The summed E-state index contributed by atoms with van der Waals surface area (Å²) in [5.74, 6) is -8.37. The predicted octanol–water partition coefficient (Wildman–Crippen LogP) is 2.28. The highest BCUT2D eigenvalue weighted by Gasteiger charge is 2.74. The number of halogens is 4. The summed E-state index contributed by atoms with van der Waals surface area (Å²) in [6.45, 7) is 0. The molecule has 0 radical (unpaired) electrons. The summed E-state index contributed by atoms with van der Waals surface area (Å²) in [5.41, 5.74) is -3.75. The first-order valence-electron chi connectivity index (χ1n) is 8.52. The maximum Gasteiger partial charge on any atom is 0.422 e. The van der Waals surface area contributed by atoms with Crippen LogP contribution in [-0.2, 0) is 9.59 Å². The van der Waals surface area contributed by atoms with E-state index in [0.717, 1.165) is 12.3 Å². The van der Waals surface area contributed by atoms with Crippen LogP contribution in [0.15, 0.2) is 52.1 Å². The molecule has 1 aromatic heterocycles. The second-order valence-electron chi connectivity index (χ2n) is 6.55. The van der Waals surface area contributed by atoms with Crippen LogP contribution in [0.2, 0.25) is 5.02 Å². The lowest BCUT2D eigenvalue weighted by molar-refractivity contribution is -0.202. The number of anilines is 1. The molecular formula is C18H10ClF3N4O5. The first kappa shape index (κ1) is 20.6. The van der Waals surface area contributed by atoms with Crippen LogP contribution >= 0.6 is 11.6 Å². The molecule has 0 spiro atoms. The molecule has 2 unspecified atom stereocenters. The lowest BCUT2D eigenvalue weighted by Crippen LogP contribution is -2.72. The molecule has 2 aromatic rings. The van der Waals surface area contributed by atoms with Gasteiger partial charge in [-0.1, -0.05) is 11.6 Å². The van der Waals surface area contributed by atoms with Crippen LogP contribution in [-0.4, -0.2) is 41.3 Å². The van der Waals surface area contributed by atoms with Crippen molar-refractivity contribution >= 4 is 46.9 Å². The quantitative estimate of drug-likeness (QED) is 0.737. The fourth-order valence-corrected chi connectivity index (χ4v) is 3.50. The number of carbonyl (C=O) groups excluding carboxylic acids is 4. The minimum atomic E-state index is -5.45. The van der Waals surface area contributed by atoms with Gasteiger partial charge >= 0.3 is 12.2 Å². The molecule has 1 aromatic carbocycles. The average molecular weight is 455 g/mol. The van der Waals surface area contributed by atoms with Crippen LogP contribution in [0.25, 0.3) is 0 Å². The SMILES string of the molecule is O=C(NC1(C(F)(F)F)C(=O)N=C2C1C(=O)NC(=O)N2c1ccc(Cl)cc1)c1ccco1. The predicted molar refractivity (Wildman–Crippen MR) is 98.4 cm³/mol. The van der Waals surface area contributed by atoms with Crippen LogP contribution < -0.4 is 15.5 Å². The molecule has 160 valence electrons. The molecular weight excluding hydrogens is 445 g/mol. The number of nitrogens with one attached hydrogen (secondary N) is 2. The van der Waals surface area contributed by atoms with Gasteiger partial charge in [-0.25, -0.2) is 9.69 Å². The van der Waals surface area contributed by atoms with E-state index in [4.69, 9.17) is 16.0 Å². The lowest BCUT2D eigenvalue weighted by Gasteiger charge is -2.39. The number of hydrogen-bond acceptors (Lipinski definition) is 5. The summed E-state index contributed by atoms with van der Waals surface area (Å²) >= 11 is 5.79. The van der Waals surface area contributed by atoms with Gasteiger partial charge in [0.15, 0.2) is 5.76 Å². The van der Waals surface area contributed by atoms with Gasteiger partial charge in [0.25, 0.3) is 11.8 Å². The normalized spacial score (nSPS) is 23.4.